The van der Waals surface area contributed by atoms with E-state index in [1.165, 1.54) is 25.7 Å². The minimum absolute atomic E-state index is 0.189. The van der Waals surface area contributed by atoms with Gasteiger partial charge in [-0.25, -0.2) is 4.79 Å². The van der Waals surface area contributed by atoms with Crippen LogP contribution in [0.3, 0.4) is 0 Å². The number of anilines is 1. The van der Waals surface area contributed by atoms with E-state index in [1.54, 1.807) is 12.1 Å². The predicted octanol–water partition coefficient (Wildman–Crippen LogP) is 2.38. The van der Waals surface area contributed by atoms with E-state index in [9.17, 15) is 9.59 Å². The molecular formula is C21H33N5O2. The second-order valence-electron chi connectivity index (χ2n) is 8.32. The quantitative estimate of drug-likeness (QED) is 0.699. The van der Waals surface area contributed by atoms with Gasteiger partial charge < -0.3 is 26.2 Å². The molecule has 0 spiro atoms. The number of nitrogens with zero attached hydrogens (tertiary/aromatic N) is 2. The molecule has 1 saturated carbocycles. The summed E-state index contributed by atoms with van der Waals surface area (Å²) in [6, 6.07) is 5.91. The highest BCUT2D eigenvalue weighted by molar-refractivity contribution is 5.96. The second-order valence-corrected chi connectivity index (χ2v) is 8.32. The Morgan fingerprint density at radius 2 is 1.82 bits per heavy atom. The molecule has 7 heteroatoms. The molecular weight excluding hydrogens is 354 g/mol. The summed E-state index contributed by atoms with van der Waals surface area (Å²) in [5, 5.41) is 6.03. The van der Waals surface area contributed by atoms with Gasteiger partial charge in [0.1, 0.15) is 0 Å². The molecule has 1 aromatic rings. The van der Waals surface area contributed by atoms with Gasteiger partial charge in [-0.05, 0) is 57.5 Å². The number of piperidine rings is 1. The number of nitrogens with one attached hydrogen (secondary N) is 2. The lowest BCUT2D eigenvalue weighted by Crippen LogP contribution is -2.48. The fourth-order valence-electron chi connectivity index (χ4n) is 4.35. The van der Waals surface area contributed by atoms with E-state index in [1.807, 2.05) is 25.1 Å². The molecule has 3 amide bonds. The molecule has 4 N–H and O–H groups in total. The SMILES string of the molecule is CN(C)Cc1ccc(C(N)=O)cc1NC(=O)NC1CCN(C2CCCC2)CC1. The Hall–Kier alpha value is -2.12. The maximum Gasteiger partial charge on any atom is 0.319 e. The molecule has 1 saturated heterocycles. The number of likely N-dealkylation sites (tertiary alicyclic amines) is 1. The summed E-state index contributed by atoms with van der Waals surface area (Å²) >= 11 is 0. The van der Waals surface area contributed by atoms with Crippen LogP contribution in [0.4, 0.5) is 10.5 Å². The van der Waals surface area contributed by atoms with E-state index in [4.69, 9.17) is 5.73 Å². The molecule has 154 valence electrons. The van der Waals surface area contributed by atoms with E-state index >= 15 is 0 Å². The Kier molecular flexibility index (Phi) is 6.91. The van der Waals surface area contributed by atoms with Gasteiger partial charge in [-0.3, -0.25) is 4.79 Å². The van der Waals surface area contributed by atoms with Crippen LogP contribution in [0.5, 0.6) is 0 Å². The molecule has 3 rings (SSSR count). The fourth-order valence-corrected chi connectivity index (χ4v) is 4.35. The number of rotatable bonds is 6. The van der Waals surface area contributed by atoms with E-state index in [-0.39, 0.29) is 12.1 Å². The van der Waals surface area contributed by atoms with Crippen LogP contribution >= 0.6 is 0 Å². The van der Waals surface area contributed by atoms with Crippen molar-refractivity contribution in [2.45, 2.75) is 57.2 Å². The molecule has 1 aromatic carbocycles. The normalized spacial score (nSPS) is 19.1. The van der Waals surface area contributed by atoms with E-state index in [0.29, 0.717) is 17.8 Å². The second kappa shape index (κ2) is 9.39. The Labute approximate surface area is 167 Å². The van der Waals surface area contributed by atoms with Crippen LogP contribution in [0, 0.1) is 0 Å². The molecule has 2 aliphatic rings. The van der Waals surface area contributed by atoms with Crippen LogP contribution in [0.25, 0.3) is 0 Å². The van der Waals surface area contributed by atoms with Crippen molar-refractivity contribution in [3.63, 3.8) is 0 Å². The van der Waals surface area contributed by atoms with E-state index < -0.39 is 5.91 Å². The number of nitrogens with two attached hydrogens (primary N) is 1. The number of amides is 3. The Morgan fingerprint density at radius 3 is 2.43 bits per heavy atom. The molecule has 0 unspecified atom stereocenters. The zero-order chi connectivity index (χ0) is 20.1. The summed E-state index contributed by atoms with van der Waals surface area (Å²) in [5.74, 6) is -0.501. The number of carbonyl (C=O) groups excluding carboxylic acids is 2. The summed E-state index contributed by atoms with van der Waals surface area (Å²) < 4.78 is 0. The standard InChI is InChI=1S/C21H33N5O2/c1-25(2)14-16-8-7-15(20(22)27)13-19(16)24-21(28)23-17-9-11-26(12-10-17)18-5-3-4-6-18/h7-8,13,17-18H,3-6,9-12,14H2,1-2H3,(H2,22,27)(H2,23,24,28). The maximum absolute atomic E-state index is 12.6. The van der Waals surface area contributed by atoms with Gasteiger partial charge in [0.15, 0.2) is 0 Å². The molecule has 2 fully saturated rings. The molecule has 0 bridgehead atoms. The first-order valence-electron chi connectivity index (χ1n) is 10.3. The zero-order valence-corrected chi connectivity index (χ0v) is 17.0. The van der Waals surface area contributed by atoms with Gasteiger partial charge in [0, 0.05) is 43.0 Å². The first-order chi connectivity index (χ1) is 13.4. The molecule has 1 aliphatic carbocycles. The zero-order valence-electron chi connectivity index (χ0n) is 17.0. The van der Waals surface area contributed by atoms with Crippen LogP contribution in [-0.4, -0.2) is 61.0 Å². The van der Waals surface area contributed by atoms with Crippen LogP contribution in [-0.2, 0) is 6.54 Å². The van der Waals surface area contributed by atoms with E-state index in [2.05, 4.69) is 15.5 Å². The van der Waals surface area contributed by atoms with Crippen molar-refractivity contribution in [2.75, 3.05) is 32.5 Å². The third kappa shape index (κ3) is 5.45. The van der Waals surface area contributed by atoms with Gasteiger partial charge in [-0.2, -0.15) is 0 Å². The third-order valence-electron chi connectivity index (χ3n) is 5.84. The lowest BCUT2D eigenvalue weighted by atomic mass is 10.0. The highest BCUT2D eigenvalue weighted by Gasteiger charge is 2.27. The number of urea groups is 1. The highest BCUT2D eigenvalue weighted by atomic mass is 16.2. The van der Waals surface area contributed by atoms with Crippen LogP contribution < -0.4 is 16.4 Å². The van der Waals surface area contributed by atoms with Crippen molar-refractivity contribution in [3.05, 3.63) is 29.3 Å². The van der Waals surface area contributed by atoms with Gasteiger partial charge in [0.05, 0.1) is 0 Å². The number of benzene rings is 1. The molecule has 28 heavy (non-hydrogen) atoms. The first kappa shape index (κ1) is 20.6. The predicted molar refractivity (Wildman–Crippen MR) is 111 cm³/mol. The molecule has 1 heterocycles. The molecule has 0 atom stereocenters. The number of carbonyl (C=O) groups is 2. The Balaban J connectivity index is 1.56. The smallest absolute Gasteiger partial charge is 0.319 e. The lowest BCUT2D eigenvalue weighted by Gasteiger charge is -2.36. The highest BCUT2D eigenvalue weighted by Crippen LogP contribution is 2.26. The number of hydrogen-bond donors (Lipinski definition) is 3. The van der Waals surface area contributed by atoms with Crippen molar-refractivity contribution < 1.29 is 9.59 Å². The molecule has 1 aliphatic heterocycles. The van der Waals surface area contributed by atoms with Gasteiger partial charge in [-0.15, -0.1) is 0 Å². The number of primary amides is 1. The number of hydrogen-bond acceptors (Lipinski definition) is 4. The molecule has 7 nitrogen and oxygen atoms in total. The lowest BCUT2D eigenvalue weighted by molar-refractivity contribution is 0.1000. The van der Waals surface area contributed by atoms with Crippen molar-refractivity contribution in [1.82, 2.24) is 15.1 Å². The fraction of sp³-hybridized carbons (Fsp3) is 0.619. The van der Waals surface area contributed by atoms with Crippen molar-refractivity contribution in [1.29, 1.82) is 0 Å². The summed E-state index contributed by atoms with van der Waals surface area (Å²) in [6.07, 6.45) is 7.31. The average molecular weight is 388 g/mol. The van der Waals surface area contributed by atoms with E-state index in [0.717, 1.165) is 37.5 Å². The first-order valence-corrected chi connectivity index (χ1v) is 10.3. The van der Waals surface area contributed by atoms with Gasteiger partial charge in [-0.1, -0.05) is 18.9 Å². The Bertz CT molecular complexity index is 692. The van der Waals surface area contributed by atoms with Crippen molar-refractivity contribution >= 4 is 17.6 Å². The molecule has 0 radical (unpaired) electrons. The van der Waals surface area contributed by atoms with Gasteiger partial charge in [0.2, 0.25) is 5.91 Å². The monoisotopic (exact) mass is 387 g/mol. The average Bonchev–Trinajstić information content (AvgIpc) is 3.18. The summed E-state index contributed by atoms with van der Waals surface area (Å²) in [4.78, 5) is 28.7. The van der Waals surface area contributed by atoms with Crippen molar-refractivity contribution in [3.8, 4) is 0 Å². The summed E-state index contributed by atoms with van der Waals surface area (Å²) in [5.41, 5.74) is 7.36. The minimum atomic E-state index is -0.501. The molecule has 0 aromatic heterocycles. The summed E-state index contributed by atoms with van der Waals surface area (Å²) in [7, 11) is 3.92. The van der Waals surface area contributed by atoms with Crippen LogP contribution in [0.2, 0.25) is 0 Å². The third-order valence-corrected chi connectivity index (χ3v) is 5.84. The largest absolute Gasteiger partial charge is 0.366 e. The topological polar surface area (TPSA) is 90.7 Å². The Morgan fingerprint density at radius 1 is 1.14 bits per heavy atom. The summed E-state index contributed by atoms with van der Waals surface area (Å²) in [6.45, 7) is 2.77. The van der Waals surface area contributed by atoms with Gasteiger partial charge in [0.25, 0.3) is 0 Å². The van der Waals surface area contributed by atoms with Crippen molar-refractivity contribution in [2.24, 2.45) is 5.73 Å². The maximum atomic E-state index is 12.6. The van der Waals surface area contributed by atoms with Gasteiger partial charge >= 0.3 is 6.03 Å². The van der Waals surface area contributed by atoms with Crippen LogP contribution in [0.15, 0.2) is 18.2 Å². The van der Waals surface area contributed by atoms with Crippen LogP contribution in [0.1, 0.15) is 54.4 Å². The minimum Gasteiger partial charge on any atom is -0.366 e.